The highest BCUT2D eigenvalue weighted by molar-refractivity contribution is 6.07. The predicted molar refractivity (Wildman–Crippen MR) is 131 cm³/mol. The van der Waals surface area contributed by atoms with Crippen LogP contribution < -0.4 is 10.2 Å². The van der Waals surface area contributed by atoms with Crippen molar-refractivity contribution >= 4 is 34.8 Å². The van der Waals surface area contributed by atoms with Gasteiger partial charge in [0.15, 0.2) is 11.2 Å². The fourth-order valence-electron chi connectivity index (χ4n) is 4.64. The standard InChI is InChI=1S/C28H22O9/c1-33-25(31)16(11-17-14-35-21-9-5-3-7-19(21)23(17)29)12-28-13-18(26(32)34-2)15-36-27(28)37-22-10-6-4-8-20(22)24(28)30/h3-11,13-14,27H,12,15H2,1-2H3/b16-11+. The molecule has 2 unspecified atom stereocenters. The Morgan fingerprint density at radius 2 is 1.81 bits per heavy atom. The normalized spacial score (nSPS) is 20.8. The van der Waals surface area contributed by atoms with Gasteiger partial charge < -0.3 is 23.4 Å². The molecule has 2 aliphatic rings. The highest BCUT2D eigenvalue weighted by atomic mass is 16.7. The molecule has 188 valence electrons. The van der Waals surface area contributed by atoms with Crippen LogP contribution in [0.15, 0.2) is 81.2 Å². The van der Waals surface area contributed by atoms with Crippen molar-refractivity contribution < 1.29 is 37.7 Å². The molecular formula is C28H22O9. The van der Waals surface area contributed by atoms with Gasteiger partial charge in [0.25, 0.3) is 0 Å². The summed E-state index contributed by atoms with van der Waals surface area (Å²) in [5.74, 6) is -1.54. The van der Waals surface area contributed by atoms with Gasteiger partial charge in [-0.3, -0.25) is 9.59 Å². The molecule has 9 heteroatoms. The first kappa shape index (κ1) is 24.2. The molecule has 3 aromatic rings. The molecule has 37 heavy (non-hydrogen) atoms. The lowest BCUT2D eigenvalue weighted by Crippen LogP contribution is -2.52. The largest absolute Gasteiger partial charge is 0.466 e. The summed E-state index contributed by atoms with van der Waals surface area (Å²) in [5, 5.41) is 0.330. The van der Waals surface area contributed by atoms with Crippen molar-refractivity contribution in [2.24, 2.45) is 5.41 Å². The Morgan fingerprint density at radius 3 is 2.59 bits per heavy atom. The first-order valence-electron chi connectivity index (χ1n) is 11.4. The lowest BCUT2D eigenvalue weighted by molar-refractivity contribution is -0.150. The molecule has 9 nitrogen and oxygen atoms in total. The van der Waals surface area contributed by atoms with Gasteiger partial charge in [0.1, 0.15) is 23.0 Å². The average molecular weight is 502 g/mol. The topological polar surface area (TPSA) is 118 Å². The third-order valence-corrected chi connectivity index (χ3v) is 6.45. The number of benzene rings is 2. The van der Waals surface area contributed by atoms with Gasteiger partial charge in [0.05, 0.1) is 42.9 Å². The van der Waals surface area contributed by atoms with E-state index in [2.05, 4.69) is 0 Å². The Hall–Kier alpha value is -4.50. The van der Waals surface area contributed by atoms with E-state index >= 15 is 0 Å². The third kappa shape index (κ3) is 4.13. The number of rotatable bonds is 5. The minimum absolute atomic E-state index is 0.0163. The van der Waals surface area contributed by atoms with Crippen LogP contribution in [0, 0.1) is 5.41 Å². The number of hydrogen-bond donors (Lipinski definition) is 0. The van der Waals surface area contributed by atoms with E-state index in [0.29, 0.717) is 16.7 Å². The molecule has 0 spiro atoms. The molecule has 0 saturated carbocycles. The summed E-state index contributed by atoms with van der Waals surface area (Å²) in [4.78, 5) is 52.4. The SMILES string of the molecule is COC(=O)C1=CC2(C/C(=C\c3coc4ccccc4c3=O)C(=O)OC)C(=O)c3ccccc3OC2OC1. The van der Waals surface area contributed by atoms with Crippen LogP contribution in [-0.2, 0) is 23.8 Å². The first-order chi connectivity index (χ1) is 17.9. The van der Waals surface area contributed by atoms with Crippen LogP contribution in [0.5, 0.6) is 5.75 Å². The summed E-state index contributed by atoms with van der Waals surface area (Å²) in [6, 6.07) is 13.3. The predicted octanol–water partition coefficient (Wildman–Crippen LogP) is 3.46. The van der Waals surface area contributed by atoms with Crippen LogP contribution in [0.3, 0.4) is 0 Å². The van der Waals surface area contributed by atoms with E-state index in [4.69, 9.17) is 23.4 Å². The molecule has 1 aromatic heterocycles. The number of methoxy groups -OCH3 is 2. The second kappa shape index (κ2) is 9.51. The molecule has 0 N–H and O–H groups in total. The van der Waals surface area contributed by atoms with Gasteiger partial charge in [0, 0.05) is 12.0 Å². The number of hydrogen-bond acceptors (Lipinski definition) is 9. The monoisotopic (exact) mass is 502 g/mol. The number of para-hydroxylation sites is 2. The molecule has 2 aromatic carbocycles. The Labute approximate surface area is 210 Å². The number of carbonyl (C=O) groups excluding carboxylic acids is 3. The lowest BCUT2D eigenvalue weighted by Gasteiger charge is -2.43. The summed E-state index contributed by atoms with van der Waals surface area (Å²) in [6.45, 7) is -0.153. The van der Waals surface area contributed by atoms with Gasteiger partial charge in [-0.25, -0.2) is 9.59 Å². The van der Waals surface area contributed by atoms with Gasteiger partial charge in [0.2, 0.25) is 6.29 Å². The van der Waals surface area contributed by atoms with Gasteiger partial charge in [-0.2, -0.15) is 0 Å². The average Bonchev–Trinajstić information content (AvgIpc) is 2.93. The van der Waals surface area contributed by atoms with E-state index in [-0.39, 0.29) is 40.7 Å². The maximum absolute atomic E-state index is 14.0. The molecule has 2 aliphatic heterocycles. The molecule has 0 aliphatic carbocycles. The van der Waals surface area contributed by atoms with Crippen LogP contribution >= 0.6 is 0 Å². The van der Waals surface area contributed by atoms with Gasteiger partial charge in [-0.05, 0) is 30.3 Å². The highest BCUT2D eigenvalue weighted by Crippen LogP contribution is 2.47. The van der Waals surface area contributed by atoms with Crippen molar-refractivity contribution in [1.82, 2.24) is 0 Å². The zero-order valence-corrected chi connectivity index (χ0v) is 20.0. The summed E-state index contributed by atoms with van der Waals surface area (Å²) >= 11 is 0. The van der Waals surface area contributed by atoms with Crippen LogP contribution in [0.2, 0.25) is 0 Å². The quantitative estimate of drug-likeness (QED) is 0.382. The summed E-state index contributed by atoms with van der Waals surface area (Å²) < 4.78 is 27.2. The number of ether oxygens (including phenoxy) is 4. The van der Waals surface area contributed by atoms with Crippen molar-refractivity contribution in [3.05, 3.63) is 93.4 Å². The molecule has 2 atom stereocenters. The second-order valence-corrected chi connectivity index (χ2v) is 8.64. The van der Waals surface area contributed by atoms with Crippen LogP contribution in [0.1, 0.15) is 22.3 Å². The lowest BCUT2D eigenvalue weighted by atomic mass is 9.70. The Balaban J connectivity index is 1.68. The van der Waals surface area contributed by atoms with Gasteiger partial charge >= 0.3 is 11.9 Å². The van der Waals surface area contributed by atoms with Crippen LogP contribution in [-0.4, -0.2) is 44.8 Å². The molecule has 0 saturated heterocycles. The number of fused-ring (bicyclic) bond motifs is 3. The van der Waals surface area contributed by atoms with Crippen LogP contribution in [0.25, 0.3) is 17.0 Å². The van der Waals surface area contributed by atoms with E-state index in [1.807, 2.05) is 0 Å². The number of Topliss-reactive ketones (excluding diaryl/α,β-unsaturated/α-hetero) is 1. The first-order valence-corrected chi connectivity index (χ1v) is 11.4. The summed E-state index contributed by atoms with van der Waals surface area (Å²) in [7, 11) is 2.41. The fraction of sp³-hybridized carbons (Fsp3) is 0.214. The van der Waals surface area contributed by atoms with E-state index in [9.17, 15) is 19.2 Å². The van der Waals surface area contributed by atoms with E-state index in [1.165, 1.54) is 32.6 Å². The second-order valence-electron chi connectivity index (χ2n) is 8.64. The Bertz CT molecular complexity index is 1540. The number of esters is 2. The van der Waals surface area contributed by atoms with Gasteiger partial charge in [-0.1, -0.05) is 30.3 Å². The highest BCUT2D eigenvalue weighted by Gasteiger charge is 2.54. The molecule has 0 radical (unpaired) electrons. The van der Waals surface area contributed by atoms with Crippen molar-refractivity contribution in [1.29, 1.82) is 0 Å². The zero-order valence-electron chi connectivity index (χ0n) is 20.0. The number of carbonyl (C=O) groups is 3. The minimum atomic E-state index is -1.62. The molecule has 3 heterocycles. The maximum Gasteiger partial charge on any atom is 0.335 e. The molecule has 0 bridgehead atoms. The summed E-state index contributed by atoms with van der Waals surface area (Å²) in [5.41, 5.74) is -1.15. The fourth-order valence-corrected chi connectivity index (χ4v) is 4.64. The third-order valence-electron chi connectivity index (χ3n) is 6.45. The van der Waals surface area contributed by atoms with Crippen molar-refractivity contribution in [2.45, 2.75) is 12.7 Å². The van der Waals surface area contributed by atoms with Gasteiger partial charge in [-0.15, -0.1) is 0 Å². The molecule has 0 amide bonds. The Morgan fingerprint density at radius 1 is 1.05 bits per heavy atom. The van der Waals surface area contributed by atoms with Crippen molar-refractivity contribution in [3.63, 3.8) is 0 Å². The minimum Gasteiger partial charge on any atom is -0.466 e. The van der Waals surface area contributed by atoms with Crippen LogP contribution in [0.4, 0.5) is 0 Å². The molecule has 5 rings (SSSR count). The number of ketones is 1. The maximum atomic E-state index is 14.0. The van der Waals surface area contributed by atoms with Crippen molar-refractivity contribution in [2.75, 3.05) is 20.8 Å². The Kier molecular flexibility index (Phi) is 6.22. The van der Waals surface area contributed by atoms with Crippen molar-refractivity contribution in [3.8, 4) is 5.75 Å². The summed E-state index contributed by atoms with van der Waals surface area (Å²) in [6.07, 6.45) is 2.56. The van der Waals surface area contributed by atoms with E-state index in [1.54, 1.807) is 48.5 Å². The zero-order chi connectivity index (χ0) is 26.2. The van der Waals surface area contributed by atoms with E-state index in [0.717, 1.165) is 0 Å². The van der Waals surface area contributed by atoms with E-state index < -0.39 is 29.4 Å². The smallest absolute Gasteiger partial charge is 0.335 e. The molecule has 0 fully saturated rings. The molecular weight excluding hydrogens is 480 g/mol.